The van der Waals surface area contributed by atoms with E-state index in [-0.39, 0.29) is 0 Å². The molecule has 0 aliphatic rings. The molecule has 0 radical (unpaired) electrons. The second kappa shape index (κ2) is 12.5. The summed E-state index contributed by atoms with van der Waals surface area (Å²) in [6, 6.07) is 0.354. The molecule has 4 unspecified atom stereocenters. The van der Waals surface area contributed by atoms with Crippen molar-refractivity contribution in [3.05, 3.63) is 0 Å². The Labute approximate surface area is 135 Å². The van der Waals surface area contributed by atoms with Crippen LogP contribution in [0.4, 0.5) is 0 Å². The third-order valence-corrected chi connectivity index (χ3v) is 5.13. The molecule has 0 heterocycles. The van der Waals surface area contributed by atoms with Crippen LogP contribution in [0.15, 0.2) is 0 Å². The summed E-state index contributed by atoms with van der Waals surface area (Å²) in [5.41, 5.74) is 5.92. The minimum absolute atomic E-state index is 0.354. The molecule has 1 heteroatoms. The lowest BCUT2D eigenvalue weighted by Gasteiger charge is -2.18. The average Bonchev–Trinajstić information content (AvgIpc) is 2.37. The largest absolute Gasteiger partial charge is 0.328 e. The van der Waals surface area contributed by atoms with Gasteiger partial charge in [0.25, 0.3) is 0 Å². The van der Waals surface area contributed by atoms with Crippen molar-refractivity contribution >= 4 is 0 Å². The van der Waals surface area contributed by atoms with E-state index >= 15 is 0 Å². The summed E-state index contributed by atoms with van der Waals surface area (Å²) < 4.78 is 0. The molecular weight excluding hydrogens is 254 g/mol. The van der Waals surface area contributed by atoms with Gasteiger partial charge in [0.1, 0.15) is 0 Å². The van der Waals surface area contributed by atoms with Crippen molar-refractivity contribution in [2.45, 2.75) is 105 Å². The third kappa shape index (κ3) is 13.4. The molecule has 4 atom stereocenters. The van der Waals surface area contributed by atoms with Crippen LogP contribution >= 0.6 is 0 Å². The standard InChI is InChI=1S/C20H43N/c1-16(2)10-7-11-17(3)12-8-13-18(4)14-9-15-19(5)20(6)21/h16-20H,7-15,21H2,1-6H3. The second-order valence-corrected chi connectivity index (χ2v) is 8.23. The van der Waals surface area contributed by atoms with Crippen molar-refractivity contribution in [1.29, 1.82) is 0 Å². The summed E-state index contributed by atoms with van der Waals surface area (Å²) >= 11 is 0. The molecule has 128 valence electrons. The first-order chi connectivity index (χ1) is 9.82. The molecule has 0 saturated heterocycles. The fourth-order valence-corrected chi connectivity index (χ4v) is 3.03. The van der Waals surface area contributed by atoms with E-state index in [4.69, 9.17) is 5.73 Å². The minimum atomic E-state index is 0.354. The quantitative estimate of drug-likeness (QED) is 0.417. The van der Waals surface area contributed by atoms with E-state index in [1.807, 2.05) is 0 Å². The first-order valence-electron chi connectivity index (χ1n) is 9.58. The van der Waals surface area contributed by atoms with Crippen LogP contribution in [0.5, 0.6) is 0 Å². The highest BCUT2D eigenvalue weighted by Gasteiger charge is 2.09. The smallest absolute Gasteiger partial charge is 0.00361 e. The van der Waals surface area contributed by atoms with Gasteiger partial charge < -0.3 is 5.73 Å². The van der Waals surface area contributed by atoms with Crippen LogP contribution in [0.3, 0.4) is 0 Å². The van der Waals surface area contributed by atoms with Crippen LogP contribution in [-0.4, -0.2) is 6.04 Å². The third-order valence-electron chi connectivity index (χ3n) is 5.13. The lowest BCUT2D eigenvalue weighted by Crippen LogP contribution is -2.24. The Morgan fingerprint density at radius 3 is 1.33 bits per heavy atom. The molecule has 1 nitrogen and oxygen atoms in total. The molecule has 0 aliphatic heterocycles. The van der Waals surface area contributed by atoms with E-state index in [0.717, 1.165) is 17.8 Å². The molecule has 0 aromatic carbocycles. The van der Waals surface area contributed by atoms with Crippen molar-refractivity contribution in [1.82, 2.24) is 0 Å². The molecule has 0 amide bonds. The van der Waals surface area contributed by atoms with Gasteiger partial charge in [-0.1, -0.05) is 86.0 Å². The van der Waals surface area contributed by atoms with E-state index in [2.05, 4.69) is 41.5 Å². The lowest BCUT2D eigenvalue weighted by atomic mass is 9.90. The number of nitrogens with two attached hydrogens (primary N) is 1. The Morgan fingerprint density at radius 1 is 0.571 bits per heavy atom. The molecule has 0 rings (SSSR count). The van der Waals surface area contributed by atoms with Gasteiger partial charge in [-0.25, -0.2) is 0 Å². The van der Waals surface area contributed by atoms with Gasteiger partial charge in [0.15, 0.2) is 0 Å². The van der Waals surface area contributed by atoms with Crippen LogP contribution in [0.25, 0.3) is 0 Å². The molecular formula is C20H43N. The van der Waals surface area contributed by atoms with Crippen LogP contribution in [0.1, 0.15) is 99.3 Å². The molecule has 0 aliphatic carbocycles. The van der Waals surface area contributed by atoms with Crippen molar-refractivity contribution in [3.8, 4) is 0 Å². The minimum Gasteiger partial charge on any atom is -0.328 e. The average molecular weight is 298 g/mol. The number of hydrogen-bond acceptors (Lipinski definition) is 1. The molecule has 21 heavy (non-hydrogen) atoms. The fourth-order valence-electron chi connectivity index (χ4n) is 3.03. The predicted molar refractivity (Wildman–Crippen MR) is 97.5 cm³/mol. The Kier molecular flexibility index (Phi) is 12.5. The van der Waals surface area contributed by atoms with Crippen LogP contribution < -0.4 is 5.73 Å². The molecule has 0 aromatic heterocycles. The molecule has 0 bridgehead atoms. The lowest BCUT2D eigenvalue weighted by molar-refractivity contribution is 0.367. The summed E-state index contributed by atoms with van der Waals surface area (Å²) in [5, 5.41) is 0. The maximum absolute atomic E-state index is 5.92. The number of rotatable bonds is 13. The normalized spacial score (nSPS) is 17.7. The SMILES string of the molecule is CC(C)CCCC(C)CCCC(C)CCCC(C)C(C)N. The first-order valence-corrected chi connectivity index (χ1v) is 9.58. The Morgan fingerprint density at radius 2 is 0.952 bits per heavy atom. The molecule has 0 fully saturated rings. The Bertz CT molecular complexity index is 222. The fraction of sp³-hybridized carbons (Fsp3) is 1.00. The Hall–Kier alpha value is -0.0400. The monoisotopic (exact) mass is 297 g/mol. The van der Waals surface area contributed by atoms with Crippen molar-refractivity contribution < 1.29 is 0 Å². The maximum atomic E-state index is 5.92. The zero-order valence-corrected chi connectivity index (χ0v) is 15.8. The topological polar surface area (TPSA) is 26.0 Å². The van der Waals surface area contributed by atoms with Crippen LogP contribution in [0, 0.1) is 23.7 Å². The zero-order valence-electron chi connectivity index (χ0n) is 15.8. The second-order valence-electron chi connectivity index (χ2n) is 8.23. The highest BCUT2D eigenvalue weighted by molar-refractivity contribution is 4.65. The van der Waals surface area contributed by atoms with E-state index in [1.165, 1.54) is 57.8 Å². The highest BCUT2D eigenvalue weighted by atomic mass is 14.6. The first kappa shape index (κ1) is 21.0. The van der Waals surface area contributed by atoms with Gasteiger partial charge in [-0.15, -0.1) is 0 Å². The van der Waals surface area contributed by atoms with E-state index < -0.39 is 0 Å². The van der Waals surface area contributed by atoms with Gasteiger partial charge in [0, 0.05) is 6.04 Å². The summed E-state index contributed by atoms with van der Waals surface area (Å²) in [5.74, 6) is 3.37. The van der Waals surface area contributed by atoms with Crippen molar-refractivity contribution in [2.24, 2.45) is 29.4 Å². The van der Waals surface area contributed by atoms with Gasteiger partial charge in [-0.2, -0.15) is 0 Å². The molecule has 0 saturated carbocycles. The predicted octanol–water partition coefficient (Wildman–Crippen LogP) is 6.41. The van der Waals surface area contributed by atoms with Crippen molar-refractivity contribution in [2.75, 3.05) is 0 Å². The van der Waals surface area contributed by atoms with E-state index in [1.54, 1.807) is 0 Å². The zero-order chi connectivity index (χ0) is 16.3. The van der Waals surface area contributed by atoms with Gasteiger partial charge in [0.2, 0.25) is 0 Å². The van der Waals surface area contributed by atoms with Gasteiger partial charge in [-0.3, -0.25) is 0 Å². The summed E-state index contributed by atoms with van der Waals surface area (Å²) in [6.45, 7) is 14.0. The van der Waals surface area contributed by atoms with E-state index in [9.17, 15) is 0 Å². The van der Waals surface area contributed by atoms with Gasteiger partial charge >= 0.3 is 0 Å². The van der Waals surface area contributed by atoms with Gasteiger partial charge in [-0.05, 0) is 37.0 Å². The summed E-state index contributed by atoms with van der Waals surface area (Å²) in [4.78, 5) is 0. The van der Waals surface area contributed by atoms with Crippen molar-refractivity contribution in [3.63, 3.8) is 0 Å². The van der Waals surface area contributed by atoms with E-state index in [0.29, 0.717) is 12.0 Å². The summed E-state index contributed by atoms with van der Waals surface area (Å²) in [6.07, 6.45) is 12.6. The molecule has 0 aromatic rings. The van der Waals surface area contributed by atoms with Crippen LogP contribution in [0.2, 0.25) is 0 Å². The number of hydrogen-bond donors (Lipinski definition) is 1. The van der Waals surface area contributed by atoms with Crippen LogP contribution in [-0.2, 0) is 0 Å². The molecule has 0 spiro atoms. The molecule has 2 N–H and O–H groups in total. The van der Waals surface area contributed by atoms with Gasteiger partial charge in [0.05, 0.1) is 0 Å². The summed E-state index contributed by atoms with van der Waals surface area (Å²) in [7, 11) is 0. The highest BCUT2D eigenvalue weighted by Crippen LogP contribution is 2.22. The Balaban J connectivity index is 3.50. The maximum Gasteiger partial charge on any atom is 0.00361 e.